The molecule has 0 N–H and O–H groups in total. The van der Waals surface area contributed by atoms with Crippen molar-refractivity contribution >= 4 is 35.1 Å². The van der Waals surface area contributed by atoms with Crippen LogP contribution in [0.15, 0.2) is 9.98 Å². The van der Waals surface area contributed by atoms with E-state index in [2.05, 4.69) is 19.6 Å². The minimum Gasteiger partial charge on any atom is -0.405 e. The second-order valence-corrected chi connectivity index (χ2v) is 4.04. The van der Waals surface area contributed by atoms with E-state index >= 15 is 0 Å². The first-order valence-electron chi connectivity index (χ1n) is 4.39. The zero-order valence-electron chi connectivity index (χ0n) is 8.00. The number of fused-ring (bicyclic) bond motifs is 3. The zero-order chi connectivity index (χ0) is 11.3. The fourth-order valence-electron chi connectivity index (χ4n) is 1.56. The second-order valence-electron chi connectivity index (χ2n) is 3.26. The maximum Gasteiger partial charge on any atom is 0.366 e. The van der Waals surface area contributed by atoms with Crippen LogP contribution in [0.1, 0.15) is 28.2 Å². The van der Waals surface area contributed by atoms with Gasteiger partial charge in [0.25, 0.3) is 5.91 Å². The Balaban J connectivity index is 2.20. The van der Waals surface area contributed by atoms with Crippen molar-refractivity contribution in [2.45, 2.75) is 12.8 Å². The molecule has 0 bridgehead atoms. The van der Waals surface area contributed by atoms with Gasteiger partial charge in [-0.1, -0.05) is 4.49 Å². The molecule has 2 aliphatic heterocycles. The maximum atomic E-state index is 11.7. The minimum atomic E-state index is -0.753. The van der Waals surface area contributed by atoms with Gasteiger partial charge >= 0.3 is 5.97 Å². The number of hydrogen-bond donors (Lipinski definition) is 0. The van der Waals surface area contributed by atoms with Crippen LogP contribution >= 0.6 is 11.5 Å². The van der Waals surface area contributed by atoms with Gasteiger partial charge in [0.05, 0.1) is 4.88 Å². The van der Waals surface area contributed by atoms with Crippen molar-refractivity contribution < 1.29 is 14.3 Å². The SMILES string of the molecule is CC1=NC(=O)C2C(=N1)OC(=O)c1nnsc12. The summed E-state index contributed by atoms with van der Waals surface area (Å²) >= 11 is 0.987. The summed E-state index contributed by atoms with van der Waals surface area (Å²) in [7, 11) is 0. The van der Waals surface area contributed by atoms with Crippen LogP contribution in [0.2, 0.25) is 0 Å². The molecule has 80 valence electrons. The molecule has 0 saturated carbocycles. The number of rotatable bonds is 0. The topological polar surface area (TPSA) is 93.9 Å². The van der Waals surface area contributed by atoms with Crippen LogP contribution in [0.5, 0.6) is 0 Å². The van der Waals surface area contributed by atoms with Gasteiger partial charge in [-0.3, -0.25) is 4.79 Å². The highest BCUT2D eigenvalue weighted by Gasteiger charge is 2.42. The van der Waals surface area contributed by atoms with Crippen LogP contribution in [-0.2, 0) is 9.53 Å². The largest absolute Gasteiger partial charge is 0.405 e. The highest BCUT2D eigenvalue weighted by molar-refractivity contribution is 7.06. The number of carbonyl (C=O) groups is 2. The Labute approximate surface area is 93.0 Å². The number of carbonyl (C=O) groups excluding carboxylic acids is 2. The first-order valence-corrected chi connectivity index (χ1v) is 5.16. The average Bonchev–Trinajstić information content (AvgIpc) is 2.65. The molecular weight excluding hydrogens is 232 g/mol. The first kappa shape index (κ1) is 9.28. The van der Waals surface area contributed by atoms with Gasteiger partial charge in [-0.2, -0.15) is 4.99 Å². The van der Waals surface area contributed by atoms with Gasteiger partial charge in [0, 0.05) is 0 Å². The molecule has 16 heavy (non-hydrogen) atoms. The van der Waals surface area contributed by atoms with E-state index in [1.807, 2.05) is 0 Å². The third-order valence-electron chi connectivity index (χ3n) is 2.20. The van der Waals surface area contributed by atoms with Crippen molar-refractivity contribution in [3.05, 3.63) is 10.6 Å². The third-order valence-corrected chi connectivity index (χ3v) is 2.99. The van der Waals surface area contributed by atoms with E-state index < -0.39 is 17.8 Å². The number of aliphatic imine (C=N–C) groups is 2. The minimum absolute atomic E-state index is 0.0704. The molecule has 8 heteroatoms. The van der Waals surface area contributed by atoms with Gasteiger partial charge < -0.3 is 4.74 Å². The van der Waals surface area contributed by atoms with E-state index in [0.717, 1.165) is 11.5 Å². The molecule has 3 heterocycles. The number of nitrogens with zero attached hydrogens (tertiary/aromatic N) is 4. The van der Waals surface area contributed by atoms with Gasteiger partial charge in [0.15, 0.2) is 11.6 Å². The van der Waals surface area contributed by atoms with Crippen molar-refractivity contribution in [1.82, 2.24) is 9.59 Å². The van der Waals surface area contributed by atoms with Crippen molar-refractivity contribution in [2.24, 2.45) is 9.98 Å². The molecule has 1 amide bonds. The lowest BCUT2D eigenvalue weighted by molar-refractivity contribution is -0.118. The monoisotopic (exact) mass is 236 g/mol. The Morgan fingerprint density at radius 3 is 2.94 bits per heavy atom. The standard InChI is InChI=1S/C8H4N4O3S/c1-2-9-6(13)3-5-4(11-12-16-5)8(14)15-7(3)10-2/h3H,1H3. The number of ether oxygens (including phenoxy) is 1. The fourth-order valence-corrected chi connectivity index (χ4v) is 2.28. The number of aromatic nitrogens is 2. The average molecular weight is 236 g/mol. The Bertz CT molecular complexity index is 574. The summed E-state index contributed by atoms with van der Waals surface area (Å²) in [6.07, 6.45) is 0. The summed E-state index contributed by atoms with van der Waals surface area (Å²) < 4.78 is 8.56. The van der Waals surface area contributed by atoms with Gasteiger partial charge in [0.2, 0.25) is 5.90 Å². The summed E-state index contributed by atoms with van der Waals surface area (Å²) in [5.74, 6) is -1.43. The lowest BCUT2D eigenvalue weighted by atomic mass is 10.0. The lowest BCUT2D eigenvalue weighted by Gasteiger charge is -2.21. The highest BCUT2D eigenvalue weighted by atomic mass is 32.1. The Hall–Kier alpha value is -1.96. The van der Waals surface area contributed by atoms with E-state index in [-0.39, 0.29) is 17.4 Å². The molecule has 0 radical (unpaired) electrons. The Kier molecular flexibility index (Phi) is 1.75. The molecule has 0 aromatic carbocycles. The quantitative estimate of drug-likeness (QED) is 0.597. The summed E-state index contributed by atoms with van der Waals surface area (Å²) in [6.45, 7) is 1.56. The number of amidine groups is 1. The molecule has 1 aromatic rings. The molecule has 0 aliphatic carbocycles. The smallest absolute Gasteiger partial charge is 0.366 e. The van der Waals surface area contributed by atoms with E-state index in [1.54, 1.807) is 6.92 Å². The summed E-state index contributed by atoms with van der Waals surface area (Å²) in [5, 5.41) is 3.62. The Morgan fingerprint density at radius 1 is 1.31 bits per heavy atom. The highest BCUT2D eigenvalue weighted by Crippen LogP contribution is 2.32. The third kappa shape index (κ3) is 1.13. The van der Waals surface area contributed by atoms with E-state index in [9.17, 15) is 9.59 Å². The number of amides is 1. The van der Waals surface area contributed by atoms with Crippen LogP contribution in [0.3, 0.4) is 0 Å². The molecule has 2 aliphatic rings. The molecule has 1 unspecified atom stereocenters. The molecule has 0 fully saturated rings. The summed E-state index contributed by atoms with van der Waals surface area (Å²) in [4.78, 5) is 31.3. The van der Waals surface area contributed by atoms with Gasteiger partial charge in [0.1, 0.15) is 5.84 Å². The molecule has 0 saturated heterocycles. The normalized spacial score (nSPS) is 22.9. The predicted octanol–water partition coefficient (Wildman–Crippen LogP) is 0.149. The maximum absolute atomic E-state index is 11.7. The van der Waals surface area contributed by atoms with Gasteiger partial charge in [-0.15, -0.1) is 5.10 Å². The second kappa shape index (κ2) is 3.01. The molecule has 1 atom stereocenters. The van der Waals surface area contributed by atoms with Crippen molar-refractivity contribution in [2.75, 3.05) is 0 Å². The molecule has 7 nitrogen and oxygen atoms in total. The van der Waals surface area contributed by atoms with Crippen molar-refractivity contribution in [1.29, 1.82) is 0 Å². The van der Waals surface area contributed by atoms with Crippen molar-refractivity contribution in [3.63, 3.8) is 0 Å². The van der Waals surface area contributed by atoms with Crippen LogP contribution in [0, 0.1) is 0 Å². The molecule has 3 rings (SSSR count). The van der Waals surface area contributed by atoms with Gasteiger partial charge in [-0.05, 0) is 18.5 Å². The molecule has 1 aromatic heterocycles. The first-order chi connectivity index (χ1) is 7.66. The van der Waals surface area contributed by atoms with Crippen LogP contribution in [0.25, 0.3) is 0 Å². The molecule has 0 spiro atoms. The Morgan fingerprint density at radius 2 is 2.12 bits per heavy atom. The summed E-state index contributed by atoms with van der Waals surface area (Å²) in [6, 6.07) is 0. The zero-order valence-corrected chi connectivity index (χ0v) is 8.82. The van der Waals surface area contributed by atoms with E-state index in [4.69, 9.17) is 4.74 Å². The predicted molar refractivity (Wildman–Crippen MR) is 53.6 cm³/mol. The van der Waals surface area contributed by atoms with E-state index in [1.165, 1.54) is 0 Å². The van der Waals surface area contributed by atoms with Crippen LogP contribution in [-0.4, -0.2) is 33.2 Å². The van der Waals surface area contributed by atoms with Crippen LogP contribution in [0.4, 0.5) is 0 Å². The molecular formula is C8H4N4O3S. The van der Waals surface area contributed by atoms with E-state index in [0.29, 0.717) is 4.88 Å². The fraction of sp³-hybridized carbons (Fsp3) is 0.250. The van der Waals surface area contributed by atoms with Gasteiger partial charge in [-0.25, -0.2) is 9.79 Å². The summed E-state index contributed by atoms with van der Waals surface area (Å²) in [5.41, 5.74) is 0.0806. The van der Waals surface area contributed by atoms with Crippen molar-refractivity contribution in [3.8, 4) is 0 Å². The number of esters is 1. The number of hydrogen-bond acceptors (Lipinski definition) is 7. The lowest BCUT2D eigenvalue weighted by Crippen LogP contribution is -2.34. The van der Waals surface area contributed by atoms with Crippen LogP contribution < -0.4 is 0 Å².